The van der Waals surface area contributed by atoms with Crippen LogP contribution in [0.3, 0.4) is 0 Å². The zero-order chi connectivity index (χ0) is 13.8. The molecule has 0 radical (unpaired) electrons. The highest BCUT2D eigenvalue weighted by atomic mass is 19.1. The molecule has 0 spiro atoms. The van der Waals surface area contributed by atoms with E-state index in [0.29, 0.717) is 12.0 Å². The van der Waals surface area contributed by atoms with E-state index in [1.54, 1.807) is 12.1 Å². The molecular weight excluding hydrogens is 253 g/mol. The standard InChI is InChI=1S/C16H20FN3/c17-15-5-1-4-13(10-15)14-11-16(12-14)18-6-2-8-20-9-3-7-19-20/h1,3-5,7,9-10,14,16,18H,2,6,8,11-12H2. The third-order valence-corrected chi connectivity index (χ3v) is 4.01. The number of nitrogens with zero attached hydrogens (tertiary/aromatic N) is 2. The fourth-order valence-electron chi connectivity index (χ4n) is 2.80. The van der Waals surface area contributed by atoms with Gasteiger partial charge in [-0.15, -0.1) is 0 Å². The van der Waals surface area contributed by atoms with E-state index in [1.165, 1.54) is 6.07 Å². The number of aromatic nitrogens is 2. The number of nitrogens with one attached hydrogen (secondary N) is 1. The average Bonchev–Trinajstić information content (AvgIpc) is 2.89. The van der Waals surface area contributed by atoms with Crippen LogP contribution in [-0.2, 0) is 6.54 Å². The molecule has 0 amide bonds. The lowest BCUT2D eigenvalue weighted by molar-refractivity contribution is 0.288. The van der Waals surface area contributed by atoms with E-state index in [1.807, 2.05) is 29.2 Å². The van der Waals surface area contributed by atoms with Crippen LogP contribution in [0, 0.1) is 5.82 Å². The van der Waals surface area contributed by atoms with Crippen molar-refractivity contribution in [1.82, 2.24) is 15.1 Å². The van der Waals surface area contributed by atoms with Crippen molar-refractivity contribution in [3.63, 3.8) is 0 Å². The van der Waals surface area contributed by atoms with Gasteiger partial charge in [0.15, 0.2) is 0 Å². The quantitative estimate of drug-likeness (QED) is 0.820. The molecule has 1 heterocycles. The van der Waals surface area contributed by atoms with Crippen LogP contribution in [0.1, 0.15) is 30.7 Å². The summed E-state index contributed by atoms with van der Waals surface area (Å²) < 4.78 is 15.1. The van der Waals surface area contributed by atoms with Crippen molar-refractivity contribution in [2.75, 3.05) is 6.54 Å². The van der Waals surface area contributed by atoms with Crippen molar-refractivity contribution < 1.29 is 4.39 Å². The zero-order valence-corrected chi connectivity index (χ0v) is 11.5. The lowest BCUT2D eigenvalue weighted by Gasteiger charge is -2.36. The van der Waals surface area contributed by atoms with Gasteiger partial charge in [-0.1, -0.05) is 12.1 Å². The van der Waals surface area contributed by atoms with Crippen molar-refractivity contribution in [3.8, 4) is 0 Å². The van der Waals surface area contributed by atoms with Gasteiger partial charge >= 0.3 is 0 Å². The van der Waals surface area contributed by atoms with E-state index < -0.39 is 0 Å². The third-order valence-electron chi connectivity index (χ3n) is 4.01. The van der Waals surface area contributed by atoms with Gasteiger partial charge in [-0.25, -0.2) is 4.39 Å². The fourth-order valence-corrected chi connectivity index (χ4v) is 2.80. The van der Waals surface area contributed by atoms with Crippen molar-refractivity contribution >= 4 is 0 Å². The maximum Gasteiger partial charge on any atom is 0.123 e. The van der Waals surface area contributed by atoms with Crippen molar-refractivity contribution in [2.45, 2.75) is 37.8 Å². The van der Waals surface area contributed by atoms with Crippen LogP contribution in [0.5, 0.6) is 0 Å². The largest absolute Gasteiger partial charge is 0.314 e. The topological polar surface area (TPSA) is 29.9 Å². The third kappa shape index (κ3) is 3.25. The molecule has 0 bridgehead atoms. The van der Waals surface area contributed by atoms with Gasteiger partial charge in [0, 0.05) is 25.0 Å². The normalized spacial score (nSPS) is 21.6. The highest BCUT2D eigenvalue weighted by Crippen LogP contribution is 2.36. The van der Waals surface area contributed by atoms with Gasteiger partial charge in [0.05, 0.1) is 0 Å². The minimum absolute atomic E-state index is 0.127. The molecule has 1 N–H and O–H groups in total. The summed E-state index contributed by atoms with van der Waals surface area (Å²) in [6.45, 7) is 1.97. The second kappa shape index (κ2) is 6.18. The number of benzene rings is 1. The molecule has 1 aromatic heterocycles. The smallest absolute Gasteiger partial charge is 0.123 e. The molecule has 1 aromatic carbocycles. The lowest BCUT2D eigenvalue weighted by atomic mass is 9.76. The molecule has 0 atom stereocenters. The second-order valence-electron chi connectivity index (χ2n) is 5.50. The van der Waals surface area contributed by atoms with Gasteiger partial charge in [0.2, 0.25) is 0 Å². The monoisotopic (exact) mass is 273 g/mol. The first-order valence-corrected chi connectivity index (χ1v) is 7.27. The Kier molecular flexibility index (Phi) is 4.11. The molecule has 1 aliphatic rings. The summed E-state index contributed by atoms with van der Waals surface area (Å²) in [5, 5.41) is 7.74. The van der Waals surface area contributed by atoms with E-state index >= 15 is 0 Å². The number of hydrogen-bond donors (Lipinski definition) is 1. The molecule has 1 fully saturated rings. The molecule has 0 saturated heterocycles. The molecule has 2 aromatic rings. The first-order chi connectivity index (χ1) is 9.81. The van der Waals surface area contributed by atoms with Gasteiger partial charge in [0.25, 0.3) is 0 Å². The van der Waals surface area contributed by atoms with Crippen LogP contribution in [0.2, 0.25) is 0 Å². The molecule has 0 aliphatic heterocycles. The van der Waals surface area contributed by atoms with Crippen LogP contribution < -0.4 is 5.32 Å². The Balaban J connectivity index is 1.34. The van der Waals surface area contributed by atoms with Gasteiger partial charge in [-0.05, 0) is 55.5 Å². The molecule has 3 nitrogen and oxygen atoms in total. The summed E-state index contributed by atoms with van der Waals surface area (Å²) in [6, 6.07) is 9.53. The molecule has 4 heteroatoms. The van der Waals surface area contributed by atoms with Crippen molar-refractivity contribution in [3.05, 3.63) is 54.1 Å². The summed E-state index contributed by atoms with van der Waals surface area (Å²) in [7, 11) is 0. The Hall–Kier alpha value is -1.68. The average molecular weight is 273 g/mol. The summed E-state index contributed by atoms with van der Waals surface area (Å²) in [5.41, 5.74) is 1.14. The SMILES string of the molecule is Fc1cccc(C2CC(NCCCn3cccn3)C2)c1. The number of hydrogen-bond acceptors (Lipinski definition) is 2. The van der Waals surface area contributed by atoms with E-state index in [0.717, 1.165) is 37.9 Å². The van der Waals surface area contributed by atoms with Gasteiger partial charge < -0.3 is 5.32 Å². The summed E-state index contributed by atoms with van der Waals surface area (Å²) >= 11 is 0. The van der Waals surface area contributed by atoms with Crippen LogP contribution in [0.4, 0.5) is 4.39 Å². The predicted molar refractivity (Wildman–Crippen MR) is 77.0 cm³/mol. The van der Waals surface area contributed by atoms with Crippen LogP contribution in [0.15, 0.2) is 42.7 Å². The molecule has 20 heavy (non-hydrogen) atoms. The first-order valence-electron chi connectivity index (χ1n) is 7.27. The lowest BCUT2D eigenvalue weighted by Crippen LogP contribution is -2.40. The van der Waals surface area contributed by atoms with Gasteiger partial charge in [0.1, 0.15) is 5.82 Å². The Bertz CT molecular complexity index is 532. The van der Waals surface area contributed by atoms with Crippen LogP contribution in [0.25, 0.3) is 0 Å². The number of aryl methyl sites for hydroxylation is 1. The molecule has 1 saturated carbocycles. The molecule has 1 aliphatic carbocycles. The van der Waals surface area contributed by atoms with E-state index in [4.69, 9.17) is 0 Å². The van der Waals surface area contributed by atoms with E-state index in [2.05, 4.69) is 10.4 Å². The maximum absolute atomic E-state index is 13.1. The molecule has 0 unspecified atom stereocenters. The van der Waals surface area contributed by atoms with Crippen molar-refractivity contribution in [2.24, 2.45) is 0 Å². The molecule has 3 rings (SSSR count). The minimum Gasteiger partial charge on any atom is -0.314 e. The number of halogens is 1. The van der Waals surface area contributed by atoms with E-state index in [-0.39, 0.29) is 5.82 Å². The summed E-state index contributed by atoms with van der Waals surface area (Å²) in [4.78, 5) is 0. The fraction of sp³-hybridized carbons (Fsp3) is 0.438. The summed E-state index contributed by atoms with van der Waals surface area (Å²) in [6.07, 6.45) is 7.12. The van der Waals surface area contributed by atoms with Crippen LogP contribution in [-0.4, -0.2) is 22.4 Å². The predicted octanol–water partition coefficient (Wildman–Crippen LogP) is 2.95. The maximum atomic E-state index is 13.1. The first kappa shape index (κ1) is 13.3. The highest BCUT2D eigenvalue weighted by Gasteiger charge is 2.29. The Labute approximate surface area is 118 Å². The molecule has 106 valence electrons. The zero-order valence-electron chi connectivity index (χ0n) is 11.5. The second-order valence-corrected chi connectivity index (χ2v) is 5.50. The number of rotatable bonds is 6. The Morgan fingerprint density at radius 1 is 1.30 bits per heavy atom. The van der Waals surface area contributed by atoms with Crippen LogP contribution >= 0.6 is 0 Å². The van der Waals surface area contributed by atoms with E-state index in [9.17, 15) is 4.39 Å². The Morgan fingerprint density at radius 3 is 2.95 bits per heavy atom. The van der Waals surface area contributed by atoms with Crippen molar-refractivity contribution in [1.29, 1.82) is 0 Å². The van der Waals surface area contributed by atoms with Gasteiger partial charge in [-0.2, -0.15) is 5.10 Å². The summed E-state index contributed by atoms with van der Waals surface area (Å²) in [5.74, 6) is 0.396. The van der Waals surface area contributed by atoms with Gasteiger partial charge in [-0.3, -0.25) is 4.68 Å². The Morgan fingerprint density at radius 2 is 2.20 bits per heavy atom. The minimum atomic E-state index is -0.127. The molecular formula is C16H20FN3. The highest BCUT2D eigenvalue weighted by molar-refractivity contribution is 5.23.